The summed E-state index contributed by atoms with van der Waals surface area (Å²) in [5, 5.41) is 20.4. The zero-order valence-electron chi connectivity index (χ0n) is 23.3. The van der Waals surface area contributed by atoms with Gasteiger partial charge in [0.2, 0.25) is 0 Å². The lowest BCUT2D eigenvalue weighted by atomic mass is 10.2. The van der Waals surface area contributed by atoms with E-state index in [0.29, 0.717) is 66.9 Å². The highest BCUT2D eigenvalue weighted by Gasteiger charge is 2.22. The zero-order valence-corrected chi connectivity index (χ0v) is 23.3. The Balaban J connectivity index is 1.10. The summed E-state index contributed by atoms with van der Waals surface area (Å²) >= 11 is 0. The van der Waals surface area contributed by atoms with E-state index in [1.54, 1.807) is 46.0 Å². The van der Waals surface area contributed by atoms with Gasteiger partial charge in [0.1, 0.15) is 0 Å². The molecule has 0 radical (unpaired) electrons. The second kappa shape index (κ2) is 12.4. The number of carbonyl (C=O) groups excluding carboxylic acids is 2. The van der Waals surface area contributed by atoms with E-state index in [9.17, 15) is 9.59 Å². The van der Waals surface area contributed by atoms with E-state index < -0.39 is 0 Å². The van der Waals surface area contributed by atoms with Gasteiger partial charge in [-0.25, -0.2) is 24.2 Å². The number of nitrogens with zero attached hydrogens (tertiary/aromatic N) is 7. The Morgan fingerprint density at radius 1 is 0.857 bits per heavy atom. The Morgan fingerprint density at radius 2 is 1.48 bits per heavy atom. The Bertz CT molecular complexity index is 1540. The number of rotatable bonds is 6. The molecule has 6 rings (SSSR count). The lowest BCUT2D eigenvalue weighted by Gasteiger charge is -2.27. The predicted octanol–water partition coefficient (Wildman–Crippen LogP) is 2.83. The molecule has 2 saturated heterocycles. The molecule has 0 saturated carbocycles. The number of ether oxygens (including phenoxy) is 1. The molecule has 0 bridgehead atoms. The summed E-state index contributed by atoms with van der Waals surface area (Å²) in [6, 6.07) is 13.8. The SMILES string of the molecule is CCn1nnc2c(N3CCOCC3)nc(-c3ccc(NC(=O)Nc4ccc(NC(=O)N5CCNCC5)cc4)cc3)nc21. The van der Waals surface area contributed by atoms with Gasteiger partial charge >= 0.3 is 12.1 Å². The van der Waals surface area contributed by atoms with Crippen molar-refractivity contribution < 1.29 is 14.3 Å². The van der Waals surface area contributed by atoms with Crippen molar-refractivity contribution in [3.8, 4) is 11.4 Å². The van der Waals surface area contributed by atoms with Gasteiger partial charge in [-0.2, -0.15) is 0 Å². The molecule has 4 heterocycles. The lowest BCUT2D eigenvalue weighted by molar-refractivity contribution is 0.122. The van der Waals surface area contributed by atoms with Crippen LogP contribution in [0.4, 0.5) is 32.5 Å². The minimum atomic E-state index is -0.384. The van der Waals surface area contributed by atoms with Gasteiger partial charge in [-0.05, 0) is 55.5 Å². The third-order valence-electron chi connectivity index (χ3n) is 7.15. The predicted molar refractivity (Wildman–Crippen MR) is 160 cm³/mol. The van der Waals surface area contributed by atoms with E-state index in [-0.39, 0.29) is 12.1 Å². The average Bonchev–Trinajstić information content (AvgIpc) is 3.46. The molecule has 2 aromatic heterocycles. The van der Waals surface area contributed by atoms with Crippen molar-refractivity contribution in [2.75, 3.05) is 73.3 Å². The van der Waals surface area contributed by atoms with Crippen LogP contribution in [0.3, 0.4) is 0 Å². The summed E-state index contributed by atoms with van der Waals surface area (Å²) in [5.41, 5.74) is 4.04. The van der Waals surface area contributed by atoms with Crippen LogP contribution in [0.15, 0.2) is 48.5 Å². The fraction of sp³-hybridized carbons (Fsp3) is 0.357. The van der Waals surface area contributed by atoms with E-state index in [1.807, 2.05) is 19.1 Å². The molecule has 2 aromatic carbocycles. The number of aryl methyl sites for hydroxylation is 1. The quantitative estimate of drug-likeness (QED) is 0.273. The van der Waals surface area contributed by atoms with Crippen LogP contribution in [0.1, 0.15) is 6.92 Å². The maximum atomic E-state index is 12.7. The number of piperazine rings is 1. The molecule has 14 nitrogen and oxygen atoms in total. The average molecular weight is 572 g/mol. The van der Waals surface area contributed by atoms with Crippen molar-refractivity contribution in [1.82, 2.24) is 35.2 Å². The van der Waals surface area contributed by atoms with Crippen molar-refractivity contribution in [2.24, 2.45) is 0 Å². The third kappa shape index (κ3) is 6.09. The van der Waals surface area contributed by atoms with E-state index in [1.165, 1.54) is 0 Å². The minimum Gasteiger partial charge on any atom is -0.378 e. The first-order valence-corrected chi connectivity index (χ1v) is 14.1. The molecule has 0 atom stereocenters. The number of amides is 4. The highest BCUT2D eigenvalue weighted by Crippen LogP contribution is 2.27. The van der Waals surface area contributed by atoms with Gasteiger partial charge in [-0.1, -0.05) is 5.21 Å². The standard InChI is InChI=1S/C28H33N11O3/c1-2-39-26-23(35-36-39)25(37-15-17-42-18-16-37)33-24(34-26)19-3-5-20(6-4-19)30-27(40)31-21-7-9-22(10-8-21)32-28(41)38-13-11-29-12-14-38/h3-10,29H,2,11-18H2,1H3,(H,32,41)(H2,30,31,40). The lowest BCUT2D eigenvalue weighted by Crippen LogP contribution is -2.48. The molecule has 4 N–H and O–H groups in total. The number of morpholine rings is 1. The monoisotopic (exact) mass is 571 g/mol. The van der Waals surface area contributed by atoms with Crippen LogP contribution in [0, 0.1) is 0 Å². The molecule has 0 spiro atoms. The Morgan fingerprint density at radius 3 is 2.12 bits per heavy atom. The Labute approximate surface area is 242 Å². The maximum absolute atomic E-state index is 12.7. The van der Waals surface area contributed by atoms with Gasteiger partial charge in [0.25, 0.3) is 0 Å². The number of hydrogen-bond acceptors (Lipinski definition) is 9. The molecule has 2 aliphatic heterocycles. The molecule has 4 amide bonds. The van der Waals surface area contributed by atoms with Crippen LogP contribution in [0.5, 0.6) is 0 Å². The fourth-order valence-electron chi connectivity index (χ4n) is 4.88. The van der Waals surface area contributed by atoms with Crippen molar-refractivity contribution in [1.29, 1.82) is 0 Å². The van der Waals surface area contributed by atoms with Crippen LogP contribution >= 0.6 is 0 Å². The molecule has 0 unspecified atom stereocenters. The summed E-state index contributed by atoms with van der Waals surface area (Å²) in [7, 11) is 0. The fourth-order valence-corrected chi connectivity index (χ4v) is 4.88. The molecular formula is C28H33N11O3. The number of urea groups is 2. The van der Waals surface area contributed by atoms with Crippen LogP contribution in [-0.2, 0) is 11.3 Å². The number of benzene rings is 2. The summed E-state index contributed by atoms with van der Waals surface area (Å²) in [4.78, 5) is 38.6. The number of anilines is 4. The van der Waals surface area contributed by atoms with Gasteiger partial charge in [0, 0.05) is 68.4 Å². The molecule has 218 valence electrons. The number of carbonyl (C=O) groups is 2. The van der Waals surface area contributed by atoms with E-state index in [0.717, 1.165) is 37.6 Å². The smallest absolute Gasteiger partial charge is 0.323 e. The summed E-state index contributed by atoms with van der Waals surface area (Å²) < 4.78 is 7.27. The third-order valence-corrected chi connectivity index (χ3v) is 7.15. The molecule has 0 aliphatic carbocycles. The van der Waals surface area contributed by atoms with Crippen LogP contribution in [-0.4, -0.2) is 94.4 Å². The topological polar surface area (TPSA) is 154 Å². The molecule has 14 heteroatoms. The van der Waals surface area contributed by atoms with Crippen molar-refractivity contribution in [3.05, 3.63) is 48.5 Å². The van der Waals surface area contributed by atoms with Gasteiger partial charge in [0.15, 0.2) is 22.8 Å². The number of hydrogen-bond donors (Lipinski definition) is 4. The number of aromatic nitrogens is 5. The second-order valence-electron chi connectivity index (χ2n) is 9.95. The first kappa shape index (κ1) is 27.4. The molecular weight excluding hydrogens is 538 g/mol. The molecule has 2 aliphatic rings. The van der Waals surface area contributed by atoms with Crippen molar-refractivity contribution in [3.63, 3.8) is 0 Å². The highest BCUT2D eigenvalue weighted by atomic mass is 16.5. The van der Waals surface area contributed by atoms with Crippen LogP contribution in [0.25, 0.3) is 22.6 Å². The van der Waals surface area contributed by atoms with Crippen molar-refractivity contribution in [2.45, 2.75) is 13.5 Å². The van der Waals surface area contributed by atoms with Gasteiger partial charge in [0.05, 0.1) is 13.2 Å². The molecule has 2 fully saturated rings. The normalized spacial score (nSPS) is 15.5. The first-order valence-electron chi connectivity index (χ1n) is 14.1. The van der Waals surface area contributed by atoms with Gasteiger partial charge < -0.3 is 35.8 Å². The largest absolute Gasteiger partial charge is 0.378 e. The van der Waals surface area contributed by atoms with Gasteiger partial charge in [-0.15, -0.1) is 5.10 Å². The minimum absolute atomic E-state index is 0.131. The van der Waals surface area contributed by atoms with E-state index in [2.05, 4.69) is 36.5 Å². The van der Waals surface area contributed by atoms with Crippen LogP contribution in [0.2, 0.25) is 0 Å². The van der Waals surface area contributed by atoms with E-state index >= 15 is 0 Å². The second-order valence-corrected chi connectivity index (χ2v) is 9.95. The molecule has 42 heavy (non-hydrogen) atoms. The van der Waals surface area contributed by atoms with Crippen molar-refractivity contribution >= 4 is 46.1 Å². The maximum Gasteiger partial charge on any atom is 0.323 e. The summed E-state index contributed by atoms with van der Waals surface area (Å²) in [6.07, 6.45) is 0. The Hall–Kier alpha value is -4.82. The number of fused-ring (bicyclic) bond motifs is 1. The highest BCUT2D eigenvalue weighted by molar-refractivity contribution is 6.00. The zero-order chi connectivity index (χ0) is 28.9. The van der Waals surface area contributed by atoms with Crippen LogP contribution < -0.4 is 26.2 Å². The summed E-state index contributed by atoms with van der Waals surface area (Å²) in [6.45, 7) is 8.25. The first-order chi connectivity index (χ1) is 20.6. The summed E-state index contributed by atoms with van der Waals surface area (Å²) in [5.74, 6) is 1.30. The number of nitrogens with one attached hydrogen (secondary N) is 4. The van der Waals surface area contributed by atoms with E-state index in [4.69, 9.17) is 14.7 Å². The Kier molecular flexibility index (Phi) is 8.05. The van der Waals surface area contributed by atoms with Gasteiger partial charge in [-0.3, -0.25) is 0 Å². The molecule has 4 aromatic rings.